The number of carboxylic acids is 1. The van der Waals surface area contributed by atoms with Crippen molar-refractivity contribution in [3.05, 3.63) is 89.0 Å². The van der Waals surface area contributed by atoms with Crippen molar-refractivity contribution >= 4 is 18.0 Å². The van der Waals surface area contributed by atoms with Crippen LogP contribution < -0.4 is 4.74 Å². The zero-order chi connectivity index (χ0) is 24.1. The molecule has 0 fully saturated rings. The number of carbonyl (C=O) groups is 2. The summed E-state index contributed by atoms with van der Waals surface area (Å²) in [6, 6.07) is 13.9. The molecular weight excluding hydrogens is 435 g/mol. The van der Waals surface area contributed by atoms with E-state index in [1.54, 1.807) is 41.4 Å². The minimum Gasteiger partial charge on any atom is -0.493 e. The summed E-state index contributed by atoms with van der Waals surface area (Å²) in [6.07, 6.45) is 5.09. The molecular formula is C27H25FN2O4. The van der Waals surface area contributed by atoms with Crippen molar-refractivity contribution in [3.63, 3.8) is 0 Å². The number of rotatable bonds is 7. The number of aromatic nitrogens is 1. The monoisotopic (exact) mass is 460 g/mol. The lowest BCUT2D eigenvalue weighted by Gasteiger charge is -2.30. The second-order valence-corrected chi connectivity index (χ2v) is 7.98. The summed E-state index contributed by atoms with van der Waals surface area (Å²) in [5, 5.41) is 9.13. The average molecular weight is 461 g/mol. The van der Waals surface area contributed by atoms with Crippen molar-refractivity contribution in [1.82, 2.24) is 9.88 Å². The Morgan fingerprint density at radius 1 is 1.15 bits per heavy atom. The van der Waals surface area contributed by atoms with E-state index in [0.717, 1.165) is 16.7 Å². The molecule has 0 radical (unpaired) electrons. The number of halogens is 1. The summed E-state index contributed by atoms with van der Waals surface area (Å²) in [5.74, 6) is -0.862. The van der Waals surface area contributed by atoms with Gasteiger partial charge in [0.25, 0.3) is 0 Å². The fourth-order valence-electron chi connectivity index (χ4n) is 4.16. The number of fused-ring (bicyclic) bond motifs is 1. The number of carboxylic acid groups (broad SMARTS) is 1. The van der Waals surface area contributed by atoms with E-state index in [1.165, 1.54) is 12.1 Å². The normalized spacial score (nSPS) is 13.1. The highest BCUT2D eigenvalue weighted by atomic mass is 19.1. The van der Waals surface area contributed by atoms with Crippen molar-refractivity contribution in [3.8, 4) is 16.9 Å². The standard InChI is InChI=1S/C27H25FN2O4/c1-2-34-25-15-18(16-27(32)33)6-8-22(25)20-9-10-24(28)21-12-14-30(17-23(20)21)26(31)11-7-19-5-3-4-13-29-19/h3-11,13,15H,2,12,14,16-17H2,1H3,(H,32,33). The Kier molecular flexibility index (Phi) is 7.01. The number of aliphatic carboxylic acids is 1. The predicted molar refractivity (Wildman–Crippen MR) is 127 cm³/mol. The Labute approximate surface area is 197 Å². The first kappa shape index (κ1) is 23.2. The molecule has 174 valence electrons. The fraction of sp³-hybridized carbons (Fsp3) is 0.222. The molecule has 0 aliphatic carbocycles. The Hall–Kier alpha value is -4.00. The first-order valence-corrected chi connectivity index (χ1v) is 11.1. The summed E-state index contributed by atoms with van der Waals surface area (Å²) in [4.78, 5) is 29.9. The van der Waals surface area contributed by atoms with Gasteiger partial charge in [-0.1, -0.05) is 24.3 Å². The largest absolute Gasteiger partial charge is 0.493 e. The molecule has 3 aromatic rings. The average Bonchev–Trinajstić information content (AvgIpc) is 2.84. The van der Waals surface area contributed by atoms with Gasteiger partial charge in [0.1, 0.15) is 11.6 Å². The SMILES string of the molecule is CCOc1cc(CC(=O)O)ccc1-c1ccc(F)c2c1CN(C(=O)C=Cc1ccccn1)CC2. The molecule has 1 aromatic heterocycles. The van der Waals surface area contributed by atoms with Gasteiger partial charge in [0.2, 0.25) is 5.91 Å². The van der Waals surface area contributed by atoms with Gasteiger partial charge in [-0.3, -0.25) is 14.6 Å². The molecule has 7 heteroatoms. The van der Waals surface area contributed by atoms with Crippen molar-refractivity contribution in [1.29, 1.82) is 0 Å². The number of benzene rings is 2. The van der Waals surface area contributed by atoms with E-state index in [4.69, 9.17) is 9.84 Å². The molecule has 0 bridgehead atoms. The van der Waals surface area contributed by atoms with Crippen LogP contribution in [0.4, 0.5) is 4.39 Å². The molecule has 0 atom stereocenters. The van der Waals surface area contributed by atoms with Crippen LogP contribution in [-0.4, -0.2) is 40.0 Å². The maximum absolute atomic E-state index is 14.7. The third-order valence-electron chi connectivity index (χ3n) is 5.74. The van der Waals surface area contributed by atoms with Crippen molar-refractivity contribution in [2.75, 3.05) is 13.2 Å². The van der Waals surface area contributed by atoms with Crippen LogP contribution in [0.25, 0.3) is 17.2 Å². The van der Waals surface area contributed by atoms with Crippen LogP contribution in [0.15, 0.2) is 60.8 Å². The lowest BCUT2D eigenvalue weighted by molar-refractivity contribution is -0.136. The third-order valence-corrected chi connectivity index (χ3v) is 5.74. The van der Waals surface area contributed by atoms with Crippen molar-refractivity contribution in [2.45, 2.75) is 26.3 Å². The molecule has 1 N–H and O–H groups in total. The van der Waals surface area contributed by atoms with Gasteiger partial charge in [-0.25, -0.2) is 4.39 Å². The molecule has 34 heavy (non-hydrogen) atoms. The van der Waals surface area contributed by atoms with Crippen LogP contribution >= 0.6 is 0 Å². The van der Waals surface area contributed by atoms with E-state index in [0.29, 0.717) is 42.1 Å². The molecule has 1 amide bonds. The number of carbonyl (C=O) groups excluding carboxylic acids is 1. The van der Waals surface area contributed by atoms with Crippen molar-refractivity contribution < 1.29 is 23.8 Å². The molecule has 2 heterocycles. The molecule has 0 saturated carbocycles. The van der Waals surface area contributed by atoms with Gasteiger partial charge in [-0.15, -0.1) is 0 Å². The Bertz CT molecular complexity index is 1240. The summed E-state index contributed by atoms with van der Waals surface area (Å²) < 4.78 is 20.5. The van der Waals surface area contributed by atoms with Gasteiger partial charge >= 0.3 is 5.97 Å². The third kappa shape index (κ3) is 5.14. The molecule has 4 rings (SSSR count). The Balaban J connectivity index is 1.67. The smallest absolute Gasteiger partial charge is 0.307 e. The number of pyridine rings is 1. The number of ether oxygens (including phenoxy) is 1. The highest BCUT2D eigenvalue weighted by Crippen LogP contribution is 2.38. The zero-order valence-electron chi connectivity index (χ0n) is 18.8. The van der Waals surface area contributed by atoms with Crippen LogP contribution in [0.2, 0.25) is 0 Å². The molecule has 0 unspecified atom stereocenters. The fourth-order valence-corrected chi connectivity index (χ4v) is 4.16. The van der Waals surface area contributed by atoms with E-state index in [9.17, 15) is 14.0 Å². The molecule has 1 aliphatic heterocycles. The van der Waals surface area contributed by atoms with E-state index in [1.807, 2.05) is 25.1 Å². The quantitative estimate of drug-likeness (QED) is 0.525. The predicted octanol–water partition coefficient (Wildman–Crippen LogP) is 4.51. The first-order valence-electron chi connectivity index (χ1n) is 11.1. The van der Waals surface area contributed by atoms with Gasteiger partial charge in [-0.05, 0) is 65.9 Å². The van der Waals surface area contributed by atoms with Crippen LogP contribution in [0.5, 0.6) is 5.75 Å². The Morgan fingerprint density at radius 2 is 1.97 bits per heavy atom. The van der Waals surface area contributed by atoms with E-state index in [2.05, 4.69) is 4.98 Å². The number of hydrogen-bond acceptors (Lipinski definition) is 4. The number of hydrogen-bond donors (Lipinski definition) is 1. The lowest BCUT2D eigenvalue weighted by Crippen LogP contribution is -2.35. The number of nitrogens with zero attached hydrogens (tertiary/aromatic N) is 2. The zero-order valence-corrected chi connectivity index (χ0v) is 18.8. The summed E-state index contributed by atoms with van der Waals surface area (Å²) >= 11 is 0. The van der Waals surface area contributed by atoms with Gasteiger partial charge < -0.3 is 14.7 Å². The minimum absolute atomic E-state index is 0.118. The van der Waals surface area contributed by atoms with Gasteiger partial charge in [0.05, 0.1) is 18.7 Å². The maximum Gasteiger partial charge on any atom is 0.307 e. The molecule has 6 nitrogen and oxygen atoms in total. The molecule has 0 saturated heterocycles. The summed E-state index contributed by atoms with van der Waals surface area (Å²) in [5.41, 5.74) is 4.14. The van der Waals surface area contributed by atoms with Crippen molar-refractivity contribution in [2.24, 2.45) is 0 Å². The van der Waals surface area contributed by atoms with E-state index in [-0.39, 0.29) is 24.7 Å². The highest BCUT2D eigenvalue weighted by Gasteiger charge is 2.26. The van der Waals surface area contributed by atoms with E-state index >= 15 is 0 Å². The van der Waals surface area contributed by atoms with Gasteiger partial charge in [0.15, 0.2) is 0 Å². The Morgan fingerprint density at radius 3 is 2.71 bits per heavy atom. The minimum atomic E-state index is -0.928. The highest BCUT2D eigenvalue weighted by molar-refractivity contribution is 5.92. The second kappa shape index (κ2) is 10.3. The summed E-state index contributed by atoms with van der Waals surface area (Å²) in [7, 11) is 0. The number of amides is 1. The van der Waals surface area contributed by atoms with Crippen LogP contribution in [-0.2, 0) is 29.0 Å². The molecule has 1 aliphatic rings. The van der Waals surface area contributed by atoms with Gasteiger partial charge in [0, 0.05) is 30.9 Å². The summed E-state index contributed by atoms with van der Waals surface area (Å²) in [6.45, 7) is 2.92. The van der Waals surface area contributed by atoms with Crippen LogP contribution in [0.1, 0.15) is 29.3 Å². The topological polar surface area (TPSA) is 79.7 Å². The maximum atomic E-state index is 14.7. The van der Waals surface area contributed by atoms with Crippen LogP contribution in [0.3, 0.4) is 0 Å². The molecule has 0 spiro atoms. The first-order chi connectivity index (χ1) is 16.5. The lowest BCUT2D eigenvalue weighted by atomic mass is 9.89. The van der Waals surface area contributed by atoms with E-state index < -0.39 is 5.97 Å². The van der Waals surface area contributed by atoms with Crippen LogP contribution in [0, 0.1) is 5.82 Å². The second-order valence-electron chi connectivity index (χ2n) is 7.98. The van der Waals surface area contributed by atoms with Gasteiger partial charge in [-0.2, -0.15) is 0 Å². The molecule has 2 aromatic carbocycles.